The highest BCUT2D eigenvalue weighted by atomic mass is 19.4. The molecule has 1 saturated carbocycles. The van der Waals surface area contributed by atoms with E-state index in [4.69, 9.17) is 0 Å². The molecule has 0 aromatic heterocycles. The molecule has 1 saturated heterocycles. The summed E-state index contributed by atoms with van der Waals surface area (Å²) in [6, 6.07) is 0.521. The topological polar surface area (TPSA) is 15.3 Å². The van der Waals surface area contributed by atoms with Crippen LogP contribution in [0.3, 0.4) is 0 Å². The highest BCUT2D eigenvalue weighted by Gasteiger charge is 2.37. The molecule has 124 valence electrons. The predicted molar refractivity (Wildman–Crippen MR) is 79.2 cm³/mol. The van der Waals surface area contributed by atoms with Gasteiger partial charge < -0.3 is 5.32 Å². The zero-order valence-corrected chi connectivity index (χ0v) is 13.3. The Morgan fingerprint density at radius 3 is 2.52 bits per heavy atom. The lowest BCUT2D eigenvalue weighted by atomic mass is 9.88. The van der Waals surface area contributed by atoms with Crippen LogP contribution >= 0.6 is 0 Å². The molecule has 0 bridgehead atoms. The Bertz CT molecular complexity index is 315. The van der Waals surface area contributed by atoms with Crippen molar-refractivity contribution < 1.29 is 13.2 Å². The average Bonchev–Trinajstić information content (AvgIpc) is 3.25. The van der Waals surface area contributed by atoms with E-state index in [1.54, 1.807) is 0 Å². The maximum Gasteiger partial charge on any atom is 0.401 e. The van der Waals surface area contributed by atoms with Crippen LogP contribution < -0.4 is 5.32 Å². The summed E-state index contributed by atoms with van der Waals surface area (Å²) in [4.78, 5) is 2.44. The summed E-state index contributed by atoms with van der Waals surface area (Å²) in [5, 5.41) is 2.75. The smallest absolute Gasteiger partial charge is 0.305 e. The van der Waals surface area contributed by atoms with Crippen molar-refractivity contribution in [1.82, 2.24) is 10.2 Å². The van der Waals surface area contributed by atoms with Crippen LogP contribution in [0.5, 0.6) is 0 Å². The van der Waals surface area contributed by atoms with Crippen molar-refractivity contribution in [1.29, 1.82) is 0 Å². The molecule has 1 aliphatic heterocycles. The van der Waals surface area contributed by atoms with E-state index in [1.807, 2.05) is 0 Å². The first-order valence-electron chi connectivity index (χ1n) is 8.43. The maximum absolute atomic E-state index is 12.4. The van der Waals surface area contributed by atoms with Gasteiger partial charge in [0.15, 0.2) is 0 Å². The zero-order chi connectivity index (χ0) is 15.5. The molecular weight excluding hydrogens is 277 g/mol. The van der Waals surface area contributed by atoms with E-state index in [1.165, 1.54) is 19.3 Å². The third kappa shape index (κ3) is 5.78. The van der Waals surface area contributed by atoms with Crippen molar-refractivity contribution in [3.8, 4) is 0 Å². The molecule has 0 amide bonds. The molecule has 1 aliphatic carbocycles. The van der Waals surface area contributed by atoms with Gasteiger partial charge in [-0.15, -0.1) is 0 Å². The third-order valence-corrected chi connectivity index (χ3v) is 5.00. The number of hydrogen-bond acceptors (Lipinski definition) is 2. The van der Waals surface area contributed by atoms with Crippen LogP contribution in [0.25, 0.3) is 0 Å². The number of rotatable bonds is 7. The van der Waals surface area contributed by atoms with Crippen molar-refractivity contribution in [2.75, 3.05) is 19.6 Å². The predicted octanol–water partition coefficient (Wildman–Crippen LogP) is 3.82. The molecule has 21 heavy (non-hydrogen) atoms. The first-order valence-corrected chi connectivity index (χ1v) is 8.43. The van der Waals surface area contributed by atoms with E-state index in [-0.39, 0.29) is 6.04 Å². The second-order valence-electron chi connectivity index (χ2n) is 6.97. The Labute approximate surface area is 126 Å². The lowest BCUT2D eigenvalue weighted by Crippen LogP contribution is -2.53. The molecule has 0 spiro atoms. The van der Waals surface area contributed by atoms with E-state index in [9.17, 15) is 13.2 Å². The Morgan fingerprint density at radius 1 is 1.24 bits per heavy atom. The van der Waals surface area contributed by atoms with Gasteiger partial charge in [0.1, 0.15) is 0 Å². The average molecular weight is 306 g/mol. The van der Waals surface area contributed by atoms with Gasteiger partial charge in [0.2, 0.25) is 0 Å². The molecule has 2 rings (SSSR count). The van der Waals surface area contributed by atoms with Gasteiger partial charge >= 0.3 is 6.18 Å². The largest absolute Gasteiger partial charge is 0.401 e. The number of alkyl halides is 3. The quantitative estimate of drug-likeness (QED) is 0.769. The van der Waals surface area contributed by atoms with Gasteiger partial charge in [0.25, 0.3) is 0 Å². The van der Waals surface area contributed by atoms with E-state index in [2.05, 4.69) is 24.1 Å². The highest BCUT2D eigenvalue weighted by Crippen LogP contribution is 2.37. The minimum atomic E-state index is -4.11. The van der Waals surface area contributed by atoms with Crippen molar-refractivity contribution in [2.45, 2.75) is 70.6 Å². The Kier molecular flexibility index (Phi) is 5.95. The monoisotopic (exact) mass is 306 g/mol. The second-order valence-corrected chi connectivity index (χ2v) is 6.97. The van der Waals surface area contributed by atoms with Gasteiger partial charge in [-0.1, -0.05) is 19.8 Å². The van der Waals surface area contributed by atoms with Gasteiger partial charge in [-0.05, 0) is 44.4 Å². The van der Waals surface area contributed by atoms with E-state index < -0.39 is 12.7 Å². The second kappa shape index (κ2) is 7.32. The van der Waals surface area contributed by atoms with Crippen LogP contribution in [0.1, 0.15) is 52.4 Å². The SMILES string of the molecule is CCCCC1CC(NCC(F)(F)F)CN(C(C)C2CC2)C1. The minimum Gasteiger partial charge on any atom is -0.305 e. The minimum absolute atomic E-state index is 0.0107. The first-order chi connectivity index (χ1) is 9.89. The van der Waals surface area contributed by atoms with Crippen LogP contribution in [-0.4, -0.2) is 42.8 Å². The van der Waals surface area contributed by atoms with Crippen molar-refractivity contribution in [3.05, 3.63) is 0 Å². The molecule has 2 nitrogen and oxygen atoms in total. The number of nitrogens with one attached hydrogen (secondary N) is 1. The molecule has 1 heterocycles. The Hall–Kier alpha value is -0.290. The summed E-state index contributed by atoms with van der Waals surface area (Å²) >= 11 is 0. The molecular formula is C16H29F3N2. The van der Waals surface area contributed by atoms with Crippen molar-refractivity contribution in [3.63, 3.8) is 0 Å². The summed E-state index contributed by atoms with van der Waals surface area (Å²) in [7, 11) is 0. The van der Waals surface area contributed by atoms with Crippen LogP contribution in [0.2, 0.25) is 0 Å². The van der Waals surface area contributed by atoms with E-state index in [0.717, 1.165) is 38.3 Å². The van der Waals surface area contributed by atoms with Gasteiger partial charge in [-0.2, -0.15) is 13.2 Å². The fourth-order valence-corrected chi connectivity index (χ4v) is 3.56. The summed E-state index contributed by atoms with van der Waals surface area (Å²) in [6.45, 7) is 5.41. The fourth-order valence-electron chi connectivity index (χ4n) is 3.56. The molecule has 0 radical (unpaired) electrons. The number of nitrogens with zero attached hydrogens (tertiary/aromatic N) is 1. The van der Waals surface area contributed by atoms with Gasteiger partial charge in [0, 0.05) is 25.2 Å². The van der Waals surface area contributed by atoms with Gasteiger partial charge in [-0.3, -0.25) is 4.90 Å². The van der Waals surface area contributed by atoms with Crippen LogP contribution in [0.15, 0.2) is 0 Å². The summed E-state index contributed by atoms with van der Waals surface area (Å²) in [5.74, 6) is 1.32. The standard InChI is InChI=1S/C16H29F3N2/c1-3-4-5-13-8-15(20-11-16(17,18)19)10-21(9-13)12(2)14-6-7-14/h12-15,20H,3-11H2,1-2H3. The third-order valence-electron chi connectivity index (χ3n) is 5.00. The van der Waals surface area contributed by atoms with Gasteiger partial charge in [0.05, 0.1) is 6.54 Å². The van der Waals surface area contributed by atoms with E-state index >= 15 is 0 Å². The zero-order valence-electron chi connectivity index (χ0n) is 13.3. The molecule has 3 atom stereocenters. The maximum atomic E-state index is 12.4. The Morgan fingerprint density at radius 2 is 1.95 bits per heavy atom. The molecule has 2 fully saturated rings. The van der Waals surface area contributed by atoms with Crippen molar-refractivity contribution >= 4 is 0 Å². The molecule has 1 N–H and O–H groups in total. The fraction of sp³-hybridized carbons (Fsp3) is 1.00. The first kappa shape index (κ1) is 17.1. The number of likely N-dealkylation sites (tertiary alicyclic amines) is 1. The van der Waals surface area contributed by atoms with E-state index in [0.29, 0.717) is 12.0 Å². The van der Waals surface area contributed by atoms with Crippen molar-refractivity contribution in [2.24, 2.45) is 11.8 Å². The summed E-state index contributed by atoms with van der Waals surface area (Å²) in [6.07, 6.45) is 2.86. The summed E-state index contributed by atoms with van der Waals surface area (Å²) in [5.41, 5.74) is 0. The van der Waals surface area contributed by atoms with Gasteiger partial charge in [-0.25, -0.2) is 0 Å². The normalized spacial score (nSPS) is 29.6. The highest BCUT2D eigenvalue weighted by molar-refractivity contribution is 4.91. The number of halogens is 3. The number of hydrogen-bond donors (Lipinski definition) is 1. The molecule has 0 aromatic rings. The molecule has 2 aliphatic rings. The lowest BCUT2D eigenvalue weighted by Gasteiger charge is -2.41. The molecule has 5 heteroatoms. The lowest BCUT2D eigenvalue weighted by molar-refractivity contribution is -0.127. The Balaban J connectivity index is 1.89. The summed E-state index contributed by atoms with van der Waals surface area (Å²) < 4.78 is 37.3. The van der Waals surface area contributed by atoms with Crippen LogP contribution in [0, 0.1) is 11.8 Å². The number of piperidine rings is 1. The molecule has 3 unspecified atom stereocenters. The van der Waals surface area contributed by atoms with Crippen LogP contribution in [-0.2, 0) is 0 Å². The molecule has 0 aromatic carbocycles. The number of unbranched alkanes of at least 4 members (excludes halogenated alkanes) is 1. The van der Waals surface area contributed by atoms with Crippen LogP contribution in [0.4, 0.5) is 13.2 Å².